The van der Waals surface area contributed by atoms with Gasteiger partial charge in [0.25, 0.3) is 0 Å². The quantitative estimate of drug-likeness (QED) is 0.334. The summed E-state index contributed by atoms with van der Waals surface area (Å²) in [6.45, 7) is 12.1. The molecule has 31 heavy (non-hydrogen) atoms. The molecule has 2 aromatic rings. The van der Waals surface area contributed by atoms with Crippen molar-refractivity contribution in [2.45, 2.75) is 33.2 Å². The van der Waals surface area contributed by atoms with Gasteiger partial charge in [0, 0.05) is 56.0 Å². The molecule has 0 spiro atoms. The van der Waals surface area contributed by atoms with Crippen molar-refractivity contribution >= 4 is 23.0 Å². The van der Waals surface area contributed by atoms with Gasteiger partial charge >= 0.3 is 0 Å². The van der Waals surface area contributed by atoms with E-state index in [9.17, 15) is 0 Å². The maximum absolute atomic E-state index is 5.26. The molecule has 0 amide bonds. The summed E-state index contributed by atoms with van der Waals surface area (Å²) in [5.41, 5.74) is 1.28. The first-order chi connectivity index (χ1) is 15.2. The van der Waals surface area contributed by atoms with Crippen LogP contribution in [-0.2, 0) is 13.0 Å². The van der Waals surface area contributed by atoms with Crippen LogP contribution in [-0.4, -0.2) is 68.8 Å². The lowest BCUT2D eigenvalue weighted by molar-refractivity contribution is 0.255. The predicted octanol–water partition coefficient (Wildman–Crippen LogP) is 2.98. The fourth-order valence-electron chi connectivity index (χ4n) is 3.61. The van der Waals surface area contributed by atoms with Crippen LogP contribution in [0.25, 0.3) is 0 Å². The number of methoxy groups -OCH3 is 1. The van der Waals surface area contributed by atoms with E-state index >= 15 is 0 Å². The van der Waals surface area contributed by atoms with E-state index in [0.717, 1.165) is 75.4 Å². The van der Waals surface area contributed by atoms with Crippen molar-refractivity contribution in [2.24, 2.45) is 4.99 Å². The molecule has 0 saturated carbocycles. The third kappa shape index (κ3) is 7.40. The summed E-state index contributed by atoms with van der Waals surface area (Å²) in [6.07, 6.45) is 4.10. The van der Waals surface area contributed by atoms with Crippen LogP contribution < -0.4 is 20.3 Å². The number of aliphatic imine (C=N–C) groups is 1. The molecular weight excluding hydrogens is 408 g/mol. The molecule has 0 atom stereocenters. The minimum atomic E-state index is 0.632. The number of nitrogens with one attached hydrogen (secondary N) is 2. The van der Waals surface area contributed by atoms with Crippen LogP contribution in [0, 0.1) is 0 Å². The topological polar surface area (TPSA) is 65.0 Å². The average Bonchev–Trinajstić information content (AvgIpc) is 3.29. The van der Waals surface area contributed by atoms with Crippen molar-refractivity contribution in [3.8, 4) is 5.75 Å². The highest BCUT2D eigenvalue weighted by Crippen LogP contribution is 2.20. The Morgan fingerprint density at radius 3 is 2.55 bits per heavy atom. The molecule has 1 fully saturated rings. The minimum Gasteiger partial charge on any atom is -0.497 e. The van der Waals surface area contributed by atoms with Crippen molar-refractivity contribution in [1.82, 2.24) is 20.5 Å². The maximum atomic E-state index is 5.26. The Bertz CT molecular complexity index is 799. The molecule has 7 nitrogen and oxygen atoms in total. The third-order valence-corrected chi connectivity index (χ3v) is 6.55. The number of nitrogens with zero attached hydrogens (tertiary/aromatic N) is 4. The zero-order valence-electron chi connectivity index (χ0n) is 19.1. The van der Waals surface area contributed by atoms with E-state index in [1.54, 1.807) is 18.4 Å². The Morgan fingerprint density at radius 2 is 1.90 bits per heavy atom. The molecule has 2 N–H and O–H groups in total. The second-order valence-corrected chi connectivity index (χ2v) is 8.78. The summed E-state index contributed by atoms with van der Waals surface area (Å²) in [6, 6.07) is 8.37. The molecule has 170 valence electrons. The largest absolute Gasteiger partial charge is 0.497 e. The molecule has 1 aliphatic rings. The molecule has 1 saturated heterocycles. The molecule has 0 aliphatic carbocycles. The summed E-state index contributed by atoms with van der Waals surface area (Å²) < 4.78 is 5.26. The monoisotopic (exact) mass is 444 g/mol. The van der Waals surface area contributed by atoms with Gasteiger partial charge in [-0.25, -0.2) is 9.98 Å². The summed E-state index contributed by atoms with van der Waals surface area (Å²) in [5.74, 6) is 1.78. The fourth-order valence-corrected chi connectivity index (χ4v) is 4.39. The Kier molecular flexibility index (Phi) is 9.42. The first kappa shape index (κ1) is 23.3. The summed E-state index contributed by atoms with van der Waals surface area (Å²) in [4.78, 5) is 15.5. The first-order valence-corrected chi connectivity index (χ1v) is 12.1. The van der Waals surface area contributed by atoms with Gasteiger partial charge in [-0.2, -0.15) is 0 Å². The van der Waals surface area contributed by atoms with Gasteiger partial charge in [-0.3, -0.25) is 4.90 Å². The van der Waals surface area contributed by atoms with Crippen LogP contribution in [0.1, 0.15) is 30.2 Å². The number of guanidine groups is 1. The number of benzene rings is 1. The number of piperazine rings is 1. The van der Waals surface area contributed by atoms with Gasteiger partial charge in [-0.15, -0.1) is 11.3 Å². The molecule has 3 rings (SSSR count). The van der Waals surface area contributed by atoms with E-state index in [1.165, 1.54) is 10.6 Å². The van der Waals surface area contributed by atoms with Gasteiger partial charge < -0.3 is 20.3 Å². The number of hydrogen-bond acceptors (Lipinski definition) is 6. The third-order valence-electron chi connectivity index (χ3n) is 5.42. The van der Waals surface area contributed by atoms with Crippen LogP contribution in [0.2, 0.25) is 0 Å². The number of aryl methyl sites for hydroxylation is 1. The molecular formula is C23H36N6OS. The molecule has 1 aliphatic heterocycles. The highest BCUT2D eigenvalue weighted by molar-refractivity contribution is 7.11. The van der Waals surface area contributed by atoms with Gasteiger partial charge in [0.05, 0.1) is 13.7 Å². The molecule has 8 heteroatoms. The van der Waals surface area contributed by atoms with E-state index < -0.39 is 0 Å². The number of aromatic nitrogens is 1. The number of rotatable bonds is 10. The summed E-state index contributed by atoms with van der Waals surface area (Å²) >= 11 is 1.75. The summed E-state index contributed by atoms with van der Waals surface area (Å²) in [5, 5.41) is 7.87. The molecule has 0 radical (unpaired) electrons. The zero-order chi connectivity index (χ0) is 21.9. The van der Waals surface area contributed by atoms with Crippen molar-refractivity contribution in [3.63, 3.8) is 0 Å². The standard InChI is InChI=1S/C23H36N6OS/c1-4-21-17-26-22(31-21)18-27-23(24-5-2)25-11-6-12-28-13-15-29(16-14-28)19-7-9-20(30-3)10-8-19/h7-10,17H,4-6,11-16,18H2,1-3H3,(H2,24,25,27). The Morgan fingerprint density at radius 1 is 1.13 bits per heavy atom. The number of anilines is 1. The highest BCUT2D eigenvalue weighted by Gasteiger charge is 2.16. The second-order valence-electron chi connectivity index (χ2n) is 7.58. The van der Waals surface area contributed by atoms with E-state index in [4.69, 9.17) is 4.74 Å². The van der Waals surface area contributed by atoms with E-state index in [1.807, 2.05) is 18.3 Å². The van der Waals surface area contributed by atoms with Crippen molar-refractivity contribution in [3.05, 3.63) is 40.3 Å². The van der Waals surface area contributed by atoms with Gasteiger partial charge in [-0.1, -0.05) is 6.92 Å². The lowest BCUT2D eigenvalue weighted by atomic mass is 10.2. The molecule has 1 aromatic heterocycles. The molecule has 2 heterocycles. The van der Waals surface area contributed by atoms with Gasteiger partial charge in [0.1, 0.15) is 10.8 Å². The van der Waals surface area contributed by atoms with E-state index in [-0.39, 0.29) is 0 Å². The number of thiazole rings is 1. The highest BCUT2D eigenvalue weighted by atomic mass is 32.1. The van der Waals surface area contributed by atoms with Crippen molar-refractivity contribution in [1.29, 1.82) is 0 Å². The van der Waals surface area contributed by atoms with Crippen LogP contribution in [0.5, 0.6) is 5.75 Å². The lowest BCUT2D eigenvalue weighted by Crippen LogP contribution is -2.47. The molecule has 0 unspecified atom stereocenters. The second kappa shape index (κ2) is 12.5. The van der Waals surface area contributed by atoms with Gasteiger partial charge in [0.15, 0.2) is 5.96 Å². The lowest BCUT2D eigenvalue weighted by Gasteiger charge is -2.36. The normalized spacial score (nSPS) is 15.2. The molecule has 1 aromatic carbocycles. The van der Waals surface area contributed by atoms with Gasteiger partial charge in [-0.05, 0) is 50.6 Å². The zero-order valence-corrected chi connectivity index (χ0v) is 19.9. The van der Waals surface area contributed by atoms with E-state index in [2.05, 4.69) is 56.4 Å². The average molecular weight is 445 g/mol. The van der Waals surface area contributed by atoms with Crippen molar-refractivity contribution < 1.29 is 4.74 Å². The van der Waals surface area contributed by atoms with Gasteiger partial charge in [0.2, 0.25) is 0 Å². The Balaban J connectivity index is 1.35. The summed E-state index contributed by atoms with van der Waals surface area (Å²) in [7, 11) is 1.71. The van der Waals surface area contributed by atoms with Crippen molar-refractivity contribution in [2.75, 3.05) is 57.8 Å². The maximum Gasteiger partial charge on any atom is 0.191 e. The first-order valence-electron chi connectivity index (χ1n) is 11.3. The van der Waals surface area contributed by atoms with Crippen LogP contribution in [0.15, 0.2) is 35.5 Å². The fraction of sp³-hybridized carbons (Fsp3) is 0.565. The van der Waals surface area contributed by atoms with Crippen LogP contribution in [0.4, 0.5) is 5.69 Å². The predicted molar refractivity (Wildman–Crippen MR) is 131 cm³/mol. The minimum absolute atomic E-state index is 0.632. The van der Waals surface area contributed by atoms with Crippen LogP contribution >= 0.6 is 11.3 Å². The Labute approximate surface area is 190 Å². The number of ether oxygens (including phenoxy) is 1. The number of hydrogen-bond donors (Lipinski definition) is 2. The smallest absolute Gasteiger partial charge is 0.191 e. The molecule has 0 bridgehead atoms. The van der Waals surface area contributed by atoms with E-state index in [0.29, 0.717) is 6.54 Å². The SMILES string of the molecule is CCNC(=NCc1ncc(CC)s1)NCCCN1CCN(c2ccc(OC)cc2)CC1. The van der Waals surface area contributed by atoms with Crippen LogP contribution in [0.3, 0.4) is 0 Å². The Hall–Kier alpha value is -2.32.